The van der Waals surface area contributed by atoms with E-state index in [1.165, 1.54) is 16.7 Å². The highest BCUT2D eigenvalue weighted by Crippen LogP contribution is 2.18. The van der Waals surface area contributed by atoms with Crippen LogP contribution in [-0.2, 0) is 4.79 Å². The number of nitrogens with one attached hydrogen (secondary N) is 1. The number of hydrogen-bond donors (Lipinski definition) is 3. The van der Waals surface area contributed by atoms with Crippen LogP contribution in [0.3, 0.4) is 0 Å². The largest absolute Gasteiger partial charge is 0.476 e. The molecule has 7 heteroatoms. The van der Waals surface area contributed by atoms with Gasteiger partial charge in [-0.05, 0) is 19.3 Å². The summed E-state index contributed by atoms with van der Waals surface area (Å²) in [5, 5.41) is 13.5. The van der Waals surface area contributed by atoms with Crippen molar-refractivity contribution < 1.29 is 14.7 Å². The second kappa shape index (κ2) is 6.63. The van der Waals surface area contributed by atoms with Gasteiger partial charge in [-0.15, -0.1) is 11.3 Å². The van der Waals surface area contributed by atoms with Gasteiger partial charge < -0.3 is 16.2 Å². The Morgan fingerprint density at radius 3 is 2.58 bits per heavy atom. The van der Waals surface area contributed by atoms with Crippen LogP contribution < -0.4 is 11.1 Å². The third kappa shape index (κ3) is 4.60. The van der Waals surface area contributed by atoms with Crippen LogP contribution in [0.1, 0.15) is 48.7 Å². The molecule has 106 valence electrons. The summed E-state index contributed by atoms with van der Waals surface area (Å²) < 4.78 is 0. The first kappa shape index (κ1) is 15.6. The molecule has 0 aliphatic heterocycles. The lowest BCUT2D eigenvalue weighted by Crippen LogP contribution is -2.42. The summed E-state index contributed by atoms with van der Waals surface area (Å²) in [5.41, 5.74) is 5.77. The lowest BCUT2D eigenvalue weighted by Gasteiger charge is -2.17. The Morgan fingerprint density at radius 1 is 1.47 bits per heavy atom. The zero-order valence-corrected chi connectivity index (χ0v) is 12.0. The van der Waals surface area contributed by atoms with Crippen LogP contribution in [0.2, 0.25) is 0 Å². The van der Waals surface area contributed by atoms with E-state index in [-0.39, 0.29) is 17.6 Å². The molecule has 0 aromatic carbocycles. The summed E-state index contributed by atoms with van der Waals surface area (Å²) in [5.74, 6) is -0.972. The summed E-state index contributed by atoms with van der Waals surface area (Å²) in [7, 11) is 0. The topological polar surface area (TPSA) is 105 Å². The van der Waals surface area contributed by atoms with Gasteiger partial charge in [0.25, 0.3) is 0 Å². The van der Waals surface area contributed by atoms with Crippen molar-refractivity contribution in [3.8, 4) is 0 Å². The van der Waals surface area contributed by atoms with Crippen molar-refractivity contribution in [1.82, 2.24) is 10.3 Å². The molecule has 1 unspecified atom stereocenters. The third-order valence-corrected chi connectivity index (χ3v) is 3.56. The van der Waals surface area contributed by atoms with Gasteiger partial charge in [-0.3, -0.25) is 4.79 Å². The van der Waals surface area contributed by atoms with Gasteiger partial charge in [0.15, 0.2) is 5.69 Å². The molecule has 0 saturated heterocycles. The first-order valence-electron chi connectivity index (χ1n) is 6.06. The van der Waals surface area contributed by atoms with Crippen molar-refractivity contribution in [2.75, 3.05) is 0 Å². The highest BCUT2D eigenvalue weighted by molar-refractivity contribution is 7.09. The molecule has 1 heterocycles. The first-order valence-corrected chi connectivity index (χ1v) is 6.94. The van der Waals surface area contributed by atoms with Gasteiger partial charge >= 0.3 is 5.97 Å². The Hall–Kier alpha value is -1.47. The van der Waals surface area contributed by atoms with E-state index in [4.69, 9.17) is 10.8 Å². The van der Waals surface area contributed by atoms with Crippen LogP contribution in [0.5, 0.6) is 0 Å². The van der Waals surface area contributed by atoms with Crippen molar-refractivity contribution in [3.63, 3.8) is 0 Å². The summed E-state index contributed by atoms with van der Waals surface area (Å²) in [6.45, 7) is 5.75. The number of aromatic carboxylic acids is 1. The van der Waals surface area contributed by atoms with Gasteiger partial charge in [0.05, 0.1) is 12.1 Å². The molecule has 1 aromatic heterocycles. The molecule has 0 aliphatic carbocycles. The number of nitrogens with two attached hydrogens (primary N) is 1. The van der Waals surface area contributed by atoms with Crippen molar-refractivity contribution in [2.45, 2.75) is 39.3 Å². The van der Waals surface area contributed by atoms with Crippen LogP contribution in [-0.4, -0.2) is 28.0 Å². The zero-order valence-electron chi connectivity index (χ0n) is 11.2. The minimum absolute atomic E-state index is 0.00687. The normalized spacial score (nSPS) is 14.2. The van der Waals surface area contributed by atoms with Crippen molar-refractivity contribution in [1.29, 1.82) is 0 Å². The fraction of sp³-hybridized carbons (Fsp3) is 0.583. The highest BCUT2D eigenvalue weighted by Gasteiger charge is 2.20. The van der Waals surface area contributed by atoms with Crippen LogP contribution >= 0.6 is 11.3 Å². The number of rotatable bonds is 6. The number of hydrogen-bond acceptors (Lipinski definition) is 5. The number of carbonyl (C=O) groups excluding carboxylic acids is 1. The monoisotopic (exact) mass is 285 g/mol. The molecule has 2 atom stereocenters. The maximum Gasteiger partial charge on any atom is 0.355 e. The van der Waals surface area contributed by atoms with Gasteiger partial charge in [0.2, 0.25) is 5.91 Å². The molecule has 4 N–H and O–H groups in total. The predicted octanol–water partition coefficient (Wildman–Crippen LogP) is 1.39. The molecule has 1 aromatic rings. The zero-order chi connectivity index (χ0) is 14.6. The fourth-order valence-electron chi connectivity index (χ4n) is 1.58. The van der Waals surface area contributed by atoms with Gasteiger partial charge in [0, 0.05) is 5.38 Å². The van der Waals surface area contributed by atoms with E-state index in [0.717, 1.165) is 0 Å². The predicted molar refractivity (Wildman–Crippen MR) is 73.1 cm³/mol. The molecule has 0 aliphatic rings. The van der Waals surface area contributed by atoms with Crippen molar-refractivity contribution >= 4 is 23.2 Å². The summed E-state index contributed by atoms with van der Waals surface area (Å²) in [6.07, 6.45) is 0.608. The van der Waals surface area contributed by atoms with E-state index < -0.39 is 12.0 Å². The molecular formula is C12H19N3O3S. The first-order chi connectivity index (χ1) is 8.81. The molecule has 0 fully saturated rings. The van der Waals surface area contributed by atoms with Crippen LogP contribution in [0.25, 0.3) is 0 Å². The second-order valence-corrected chi connectivity index (χ2v) is 5.73. The molecule has 6 nitrogen and oxygen atoms in total. The smallest absolute Gasteiger partial charge is 0.355 e. The molecule has 19 heavy (non-hydrogen) atoms. The maximum absolute atomic E-state index is 11.8. The van der Waals surface area contributed by atoms with E-state index >= 15 is 0 Å². The number of carboxylic acid groups (broad SMARTS) is 1. The summed E-state index contributed by atoms with van der Waals surface area (Å²) >= 11 is 1.21. The molecular weight excluding hydrogens is 266 g/mol. The van der Waals surface area contributed by atoms with Crippen molar-refractivity contribution in [3.05, 3.63) is 16.1 Å². The standard InChI is InChI=1S/C12H19N3O3S/c1-6(2)4-8(13)10(16)14-7(3)11-15-9(5-19-11)12(17)18/h5-8H,4,13H2,1-3H3,(H,14,16)(H,17,18)/t7?,8-/m1/s1. The number of carbonyl (C=O) groups is 2. The van der Waals surface area contributed by atoms with Crippen LogP contribution in [0.4, 0.5) is 0 Å². The van der Waals surface area contributed by atoms with Crippen LogP contribution in [0.15, 0.2) is 5.38 Å². The molecule has 0 radical (unpaired) electrons. The Labute approximate surface area is 116 Å². The maximum atomic E-state index is 11.8. The Bertz CT molecular complexity index is 459. The number of aromatic nitrogens is 1. The number of carboxylic acids is 1. The van der Waals surface area contributed by atoms with Gasteiger partial charge in [-0.2, -0.15) is 0 Å². The molecule has 0 bridgehead atoms. The second-order valence-electron chi connectivity index (χ2n) is 4.84. The van der Waals surface area contributed by atoms with Crippen LogP contribution in [0, 0.1) is 5.92 Å². The van der Waals surface area contributed by atoms with E-state index in [9.17, 15) is 9.59 Å². The molecule has 0 spiro atoms. The SMILES string of the molecule is CC(C)C[C@@H](N)C(=O)NC(C)c1nc(C(=O)O)cs1. The third-order valence-electron chi connectivity index (χ3n) is 2.53. The van der Waals surface area contributed by atoms with Crippen molar-refractivity contribution in [2.24, 2.45) is 11.7 Å². The van der Waals surface area contributed by atoms with Gasteiger partial charge in [-0.1, -0.05) is 13.8 Å². The average Bonchev–Trinajstić information content (AvgIpc) is 2.77. The Balaban J connectivity index is 2.60. The molecule has 0 saturated carbocycles. The average molecular weight is 285 g/mol. The quantitative estimate of drug-likeness (QED) is 0.732. The van der Waals surface area contributed by atoms with Gasteiger partial charge in [0.1, 0.15) is 5.01 Å². The van der Waals surface area contributed by atoms with E-state index in [1.54, 1.807) is 6.92 Å². The van der Waals surface area contributed by atoms with Gasteiger partial charge in [-0.25, -0.2) is 9.78 Å². The van der Waals surface area contributed by atoms with E-state index in [1.807, 2.05) is 13.8 Å². The highest BCUT2D eigenvalue weighted by atomic mass is 32.1. The summed E-state index contributed by atoms with van der Waals surface area (Å²) in [6, 6.07) is -0.898. The minimum Gasteiger partial charge on any atom is -0.476 e. The molecule has 1 rings (SSSR count). The Kier molecular flexibility index (Phi) is 5.44. The lowest BCUT2D eigenvalue weighted by molar-refractivity contribution is -0.123. The fourth-order valence-corrected chi connectivity index (χ4v) is 2.38. The number of amides is 1. The lowest BCUT2D eigenvalue weighted by atomic mass is 10.0. The van der Waals surface area contributed by atoms with E-state index in [0.29, 0.717) is 17.3 Å². The summed E-state index contributed by atoms with van der Waals surface area (Å²) in [4.78, 5) is 26.5. The van der Waals surface area contributed by atoms with E-state index in [2.05, 4.69) is 10.3 Å². The number of thiazole rings is 1. The molecule has 1 amide bonds. The number of nitrogens with zero attached hydrogens (tertiary/aromatic N) is 1. The minimum atomic E-state index is -1.07. The Morgan fingerprint density at radius 2 is 2.11 bits per heavy atom.